The van der Waals surface area contributed by atoms with Crippen LogP contribution in [0.2, 0.25) is 0 Å². The van der Waals surface area contributed by atoms with Crippen LogP contribution in [-0.2, 0) is 4.74 Å². The van der Waals surface area contributed by atoms with E-state index >= 15 is 0 Å². The summed E-state index contributed by atoms with van der Waals surface area (Å²) in [6.45, 7) is 1.20. The lowest BCUT2D eigenvalue weighted by Crippen LogP contribution is -2.21. The number of nitrogens with one attached hydrogen (secondary N) is 1. The number of ether oxygens (including phenoxy) is 3. The van der Waals surface area contributed by atoms with Gasteiger partial charge in [-0.2, -0.15) is 0 Å². The molecule has 1 N–H and O–H groups in total. The minimum Gasteiger partial charge on any atom is -0.496 e. The van der Waals surface area contributed by atoms with Crippen LogP contribution in [0.5, 0.6) is 11.5 Å². The number of esters is 1. The highest BCUT2D eigenvalue weighted by molar-refractivity contribution is 5.95. The van der Waals surface area contributed by atoms with E-state index in [1.54, 1.807) is 24.5 Å². The number of carbonyl (C=O) groups is 1. The Balaban J connectivity index is 1.57. The molecular weight excluding hydrogens is 399 g/mol. The molecule has 0 radical (unpaired) electrons. The smallest absolute Gasteiger partial charge is 0.340 e. The Morgan fingerprint density at radius 2 is 2.10 bits per heavy atom. The van der Waals surface area contributed by atoms with Gasteiger partial charge in [-0.3, -0.25) is 4.98 Å². The van der Waals surface area contributed by atoms with E-state index in [1.807, 2.05) is 18.2 Å². The molecule has 1 aromatic heterocycles. The molecule has 0 spiro atoms. The van der Waals surface area contributed by atoms with Gasteiger partial charge < -0.3 is 19.5 Å². The Morgan fingerprint density at radius 1 is 1.23 bits per heavy atom. The number of pyridine rings is 1. The van der Waals surface area contributed by atoms with Crippen LogP contribution in [0.15, 0.2) is 54.9 Å². The first-order valence-electron chi connectivity index (χ1n) is 9.97. The topological polar surface area (TPSA) is 69.7 Å². The van der Waals surface area contributed by atoms with Crippen molar-refractivity contribution in [2.24, 2.45) is 0 Å². The van der Waals surface area contributed by atoms with Gasteiger partial charge in [-0.1, -0.05) is 12.1 Å². The maximum atomic E-state index is 13.6. The summed E-state index contributed by atoms with van der Waals surface area (Å²) in [6.07, 6.45) is 4.02. The van der Waals surface area contributed by atoms with Gasteiger partial charge >= 0.3 is 5.97 Å². The zero-order valence-corrected chi connectivity index (χ0v) is 17.4. The second kappa shape index (κ2) is 9.04. The molecule has 160 valence electrons. The number of rotatable bonds is 6. The molecule has 0 aliphatic carbocycles. The molecule has 6 nitrogen and oxygen atoms in total. The molecule has 4 rings (SSSR count). The van der Waals surface area contributed by atoms with E-state index in [2.05, 4.69) is 10.3 Å². The third-order valence-corrected chi connectivity index (χ3v) is 5.42. The van der Waals surface area contributed by atoms with Crippen molar-refractivity contribution in [2.75, 3.05) is 32.7 Å². The van der Waals surface area contributed by atoms with E-state index in [0.717, 1.165) is 28.9 Å². The number of hydrogen-bond donors (Lipinski definition) is 1. The fourth-order valence-electron chi connectivity index (χ4n) is 3.80. The molecular formula is C24H23FN2O4. The third kappa shape index (κ3) is 4.30. The first-order valence-corrected chi connectivity index (χ1v) is 9.97. The molecule has 1 aliphatic heterocycles. The largest absolute Gasteiger partial charge is 0.496 e. The van der Waals surface area contributed by atoms with Crippen LogP contribution in [0, 0.1) is 5.82 Å². The number of methoxy groups -OCH3 is 2. The van der Waals surface area contributed by atoms with Gasteiger partial charge in [-0.25, -0.2) is 9.18 Å². The van der Waals surface area contributed by atoms with Crippen LogP contribution in [0.25, 0.3) is 11.1 Å². The molecule has 31 heavy (non-hydrogen) atoms. The van der Waals surface area contributed by atoms with E-state index in [-0.39, 0.29) is 11.7 Å². The number of benzene rings is 2. The van der Waals surface area contributed by atoms with Gasteiger partial charge in [0.15, 0.2) is 0 Å². The summed E-state index contributed by atoms with van der Waals surface area (Å²) in [7, 11) is 2.88. The van der Waals surface area contributed by atoms with Crippen LogP contribution in [-0.4, -0.2) is 38.3 Å². The normalized spacial score (nSPS) is 14.9. The summed E-state index contributed by atoms with van der Waals surface area (Å²) in [4.78, 5) is 16.1. The van der Waals surface area contributed by atoms with Crippen LogP contribution in [0.4, 0.5) is 10.1 Å². The lowest BCUT2D eigenvalue weighted by Gasteiger charge is -2.27. The molecule has 1 aliphatic rings. The summed E-state index contributed by atoms with van der Waals surface area (Å²) < 4.78 is 29.7. The van der Waals surface area contributed by atoms with Gasteiger partial charge in [0.05, 0.1) is 38.3 Å². The number of aromatic nitrogens is 1. The van der Waals surface area contributed by atoms with Crippen LogP contribution >= 0.6 is 0 Å². The standard InChI is InChI=1S/C24H23FN2O4/c1-29-22-12-17(25)4-6-18(22)15-3-5-19-16(8-10-31-23(19)11-15)13-27-21-14-26-9-7-20(21)24(28)30-2/h3-7,9,11-12,14,16,27H,8,10,13H2,1-2H3/t16-/m0/s1. The van der Waals surface area contributed by atoms with E-state index in [4.69, 9.17) is 14.2 Å². The Morgan fingerprint density at radius 3 is 2.90 bits per heavy atom. The fourth-order valence-corrected chi connectivity index (χ4v) is 3.80. The van der Waals surface area contributed by atoms with E-state index < -0.39 is 5.97 Å². The maximum absolute atomic E-state index is 13.6. The first kappa shape index (κ1) is 20.7. The fraction of sp³-hybridized carbons (Fsp3) is 0.250. The number of hydrogen-bond acceptors (Lipinski definition) is 6. The van der Waals surface area contributed by atoms with Crippen molar-refractivity contribution in [1.29, 1.82) is 0 Å². The van der Waals surface area contributed by atoms with Gasteiger partial charge in [0.2, 0.25) is 0 Å². The number of halogens is 1. The SMILES string of the molecule is COC(=O)c1ccncc1NC[C@@H]1CCOc2cc(-c3ccc(F)cc3OC)ccc21. The summed E-state index contributed by atoms with van der Waals surface area (Å²) >= 11 is 0. The van der Waals surface area contributed by atoms with Crippen molar-refractivity contribution in [3.63, 3.8) is 0 Å². The van der Waals surface area contributed by atoms with Crippen molar-refractivity contribution < 1.29 is 23.4 Å². The highest BCUT2D eigenvalue weighted by Crippen LogP contribution is 2.39. The molecule has 0 fully saturated rings. The third-order valence-electron chi connectivity index (χ3n) is 5.42. The molecule has 2 aromatic carbocycles. The summed E-state index contributed by atoms with van der Waals surface area (Å²) in [6, 6.07) is 12.1. The van der Waals surface area contributed by atoms with Gasteiger partial charge in [0.25, 0.3) is 0 Å². The van der Waals surface area contributed by atoms with Gasteiger partial charge in [0, 0.05) is 30.3 Å². The van der Waals surface area contributed by atoms with Crippen LogP contribution in [0.1, 0.15) is 28.3 Å². The first-order chi connectivity index (χ1) is 15.1. The number of anilines is 1. The molecule has 0 saturated carbocycles. The molecule has 0 amide bonds. The minimum atomic E-state index is -0.407. The Hall–Kier alpha value is -3.61. The number of nitrogens with zero attached hydrogens (tertiary/aromatic N) is 1. The number of carbonyl (C=O) groups excluding carboxylic acids is 1. The van der Waals surface area contributed by atoms with Crippen LogP contribution < -0.4 is 14.8 Å². The van der Waals surface area contributed by atoms with Gasteiger partial charge in [0.1, 0.15) is 17.3 Å². The second-order valence-corrected chi connectivity index (χ2v) is 7.23. The van der Waals surface area contributed by atoms with Crippen molar-refractivity contribution in [2.45, 2.75) is 12.3 Å². The predicted molar refractivity (Wildman–Crippen MR) is 115 cm³/mol. The van der Waals surface area contributed by atoms with E-state index in [9.17, 15) is 9.18 Å². The average molecular weight is 422 g/mol. The quantitative estimate of drug-likeness (QED) is 0.583. The van der Waals surface area contributed by atoms with Crippen LogP contribution in [0.3, 0.4) is 0 Å². The predicted octanol–water partition coefficient (Wildman–Crippen LogP) is 4.66. The van der Waals surface area contributed by atoms with Crippen molar-refractivity contribution in [3.8, 4) is 22.6 Å². The Labute approximate surface area is 180 Å². The summed E-state index contributed by atoms with van der Waals surface area (Å²) in [5.74, 6) is 0.707. The lowest BCUT2D eigenvalue weighted by molar-refractivity contribution is 0.0601. The molecule has 7 heteroatoms. The van der Waals surface area contributed by atoms with Gasteiger partial charge in [-0.15, -0.1) is 0 Å². The second-order valence-electron chi connectivity index (χ2n) is 7.23. The maximum Gasteiger partial charge on any atom is 0.340 e. The average Bonchev–Trinajstić information content (AvgIpc) is 2.81. The zero-order valence-electron chi connectivity index (χ0n) is 17.4. The highest BCUT2D eigenvalue weighted by atomic mass is 19.1. The Bertz CT molecular complexity index is 1100. The monoisotopic (exact) mass is 422 g/mol. The van der Waals surface area contributed by atoms with E-state index in [0.29, 0.717) is 30.2 Å². The lowest BCUT2D eigenvalue weighted by atomic mass is 9.90. The molecule has 0 bridgehead atoms. The highest BCUT2D eigenvalue weighted by Gasteiger charge is 2.23. The summed E-state index contributed by atoms with van der Waals surface area (Å²) in [5, 5.41) is 3.33. The zero-order chi connectivity index (χ0) is 21.8. The van der Waals surface area contributed by atoms with Crippen molar-refractivity contribution >= 4 is 11.7 Å². The molecule has 2 heterocycles. The summed E-state index contributed by atoms with van der Waals surface area (Å²) in [5.41, 5.74) is 3.85. The van der Waals surface area contributed by atoms with E-state index in [1.165, 1.54) is 26.4 Å². The molecule has 0 saturated heterocycles. The van der Waals surface area contributed by atoms with Crippen molar-refractivity contribution in [3.05, 3.63) is 71.8 Å². The van der Waals surface area contributed by atoms with Crippen molar-refractivity contribution in [1.82, 2.24) is 4.98 Å². The van der Waals surface area contributed by atoms with Gasteiger partial charge in [-0.05, 0) is 41.8 Å². The number of fused-ring (bicyclic) bond motifs is 1. The molecule has 3 aromatic rings. The molecule has 1 atom stereocenters. The molecule has 0 unspecified atom stereocenters. The minimum absolute atomic E-state index is 0.193. The Kier molecular flexibility index (Phi) is 6.02.